The summed E-state index contributed by atoms with van der Waals surface area (Å²) in [6.07, 6.45) is 0. The fourth-order valence-electron chi connectivity index (χ4n) is 1.63. The van der Waals surface area contributed by atoms with E-state index >= 15 is 0 Å². The van der Waals surface area contributed by atoms with Crippen molar-refractivity contribution in [2.45, 2.75) is 13.5 Å². The number of ether oxygens (including phenoxy) is 2. The summed E-state index contributed by atoms with van der Waals surface area (Å²) in [7, 11) is 0.388. The maximum Gasteiger partial charge on any atom is 0.175 e. The molecule has 0 atom stereocenters. The van der Waals surface area contributed by atoms with Crippen molar-refractivity contribution in [2.24, 2.45) is 0 Å². The molecule has 0 fully saturated rings. The monoisotopic (exact) mass is 365 g/mol. The highest BCUT2D eigenvalue weighted by molar-refractivity contribution is 9.10. The Balaban J connectivity index is 2.84. The molecule has 0 aliphatic rings. The number of benzene rings is 1. The summed E-state index contributed by atoms with van der Waals surface area (Å²) >= 11 is 3.42. The zero-order valence-corrected chi connectivity index (χ0v) is 14.3. The lowest BCUT2D eigenvalue weighted by molar-refractivity contribution is 0.309. The van der Waals surface area contributed by atoms with Crippen LogP contribution in [0.4, 0.5) is 0 Å². The molecule has 114 valence electrons. The second kappa shape index (κ2) is 7.85. The van der Waals surface area contributed by atoms with E-state index in [1.807, 2.05) is 19.2 Å². The van der Waals surface area contributed by atoms with Crippen LogP contribution in [0.3, 0.4) is 0 Å². The van der Waals surface area contributed by atoms with Gasteiger partial charge >= 0.3 is 0 Å². The summed E-state index contributed by atoms with van der Waals surface area (Å²) in [5.41, 5.74) is 1.05. The predicted molar refractivity (Wildman–Crippen MR) is 83.3 cm³/mol. The van der Waals surface area contributed by atoms with Gasteiger partial charge in [0.15, 0.2) is 21.3 Å². The van der Waals surface area contributed by atoms with E-state index in [9.17, 15) is 8.42 Å². The van der Waals surface area contributed by atoms with Gasteiger partial charge in [-0.3, -0.25) is 0 Å². The van der Waals surface area contributed by atoms with Gasteiger partial charge in [-0.25, -0.2) is 8.42 Å². The predicted octanol–water partition coefficient (Wildman–Crippen LogP) is 1.99. The molecule has 7 heteroatoms. The Bertz CT molecular complexity index is 546. The second-order valence-corrected chi connectivity index (χ2v) is 7.55. The third-order valence-corrected chi connectivity index (χ3v) is 5.01. The second-order valence-electron chi connectivity index (χ2n) is 4.22. The molecule has 0 saturated heterocycles. The van der Waals surface area contributed by atoms with Gasteiger partial charge in [-0.05, 0) is 40.7 Å². The molecular formula is C13H20BrNO4S. The Labute approximate surface area is 128 Å². The van der Waals surface area contributed by atoms with Gasteiger partial charge in [0.05, 0.1) is 17.3 Å². The number of hydrogen-bond acceptors (Lipinski definition) is 5. The summed E-state index contributed by atoms with van der Waals surface area (Å²) in [5, 5.41) is 3.06. The topological polar surface area (TPSA) is 64.6 Å². The van der Waals surface area contributed by atoms with Gasteiger partial charge in [0.2, 0.25) is 0 Å². The van der Waals surface area contributed by atoms with Crippen molar-refractivity contribution < 1.29 is 17.9 Å². The Morgan fingerprint density at radius 3 is 2.60 bits per heavy atom. The van der Waals surface area contributed by atoms with E-state index in [2.05, 4.69) is 21.2 Å². The lowest BCUT2D eigenvalue weighted by atomic mass is 10.2. The zero-order valence-electron chi connectivity index (χ0n) is 11.9. The Morgan fingerprint density at radius 1 is 1.35 bits per heavy atom. The molecule has 0 spiro atoms. The lowest BCUT2D eigenvalue weighted by Gasteiger charge is -2.14. The fourth-order valence-corrected chi connectivity index (χ4v) is 2.86. The number of rotatable bonds is 8. The van der Waals surface area contributed by atoms with Crippen LogP contribution < -0.4 is 14.8 Å². The van der Waals surface area contributed by atoms with Crippen molar-refractivity contribution in [3.63, 3.8) is 0 Å². The van der Waals surface area contributed by atoms with Gasteiger partial charge in [-0.1, -0.05) is 6.92 Å². The van der Waals surface area contributed by atoms with Crippen LogP contribution in [0.15, 0.2) is 16.6 Å². The summed E-state index contributed by atoms with van der Waals surface area (Å²) in [4.78, 5) is 0. The van der Waals surface area contributed by atoms with Crippen molar-refractivity contribution >= 4 is 25.8 Å². The van der Waals surface area contributed by atoms with Crippen LogP contribution in [-0.2, 0) is 16.4 Å². The van der Waals surface area contributed by atoms with Gasteiger partial charge in [0.25, 0.3) is 0 Å². The van der Waals surface area contributed by atoms with E-state index in [-0.39, 0.29) is 18.1 Å². The molecule has 0 amide bonds. The molecule has 0 aromatic heterocycles. The Kier molecular flexibility index (Phi) is 6.78. The molecule has 1 N–H and O–H groups in total. The minimum atomic E-state index is -3.03. The van der Waals surface area contributed by atoms with Crippen molar-refractivity contribution in [2.75, 3.05) is 32.3 Å². The maximum atomic E-state index is 11.4. The van der Waals surface area contributed by atoms with E-state index in [1.165, 1.54) is 0 Å². The average molecular weight is 366 g/mol. The molecule has 0 saturated carbocycles. The van der Waals surface area contributed by atoms with Crippen LogP contribution in [0.25, 0.3) is 0 Å². The standard InChI is InChI=1S/C13H20BrNO4S/c1-4-20(16,17)6-5-19-13-11(14)7-10(9-15-2)8-12(13)18-3/h7-8,15H,4-6,9H2,1-3H3. The van der Waals surface area contributed by atoms with Gasteiger partial charge in [0, 0.05) is 12.3 Å². The van der Waals surface area contributed by atoms with Crippen LogP contribution in [-0.4, -0.2) is 40.7 Å². The third-order valence-electron chi connectivity index (χ3n) is 2.75. The first kappa shape index (κ1) is 17.3. The molecule has 1 aromatic rings. The SMILES string of the molecule is CCS(=O)(=O)CCOc1c(Br)cc(CNC)cc1OC. The van der Waals surface area contributed by atoms with Crippen LogP contribution in [0, 0.1) is 0 Å². The minimum absolute atomic E-state index is 0.00262. The van der Waals surface area contributed by atoms with E-state index in [0.29, 0.717) is 18.0 Å². The molecule has 0 unspecified atom stereocenters. The van der Waals surface area contributed by atoms with Gasteiger partial charge in [-0.2, -0.15) is 0 Å². The van der Waals surface area contributed by atoms with Crippen LogP contribution in [0.5, 0.6) is 11.5 Å². The van der Waals surface area contributed by atoms with Crippen LogP contribution >= 0.6 is 15.9 Å². The Hall–Kier alpha value is -0.790. The van der Waals surface area contributed by atoms with Gasteiger partial charge < -0.3 is 14.8 Å². The van der Waals surface area contributed by atoms with Crippen molar-refractivity contribution in [3.8, 4) is 11.5 Å². The molecule has 0 heterocycles. The van der Waals surface area contributed by atoms with Crippen molar-refractivity contribution in [1.29, 1.82) is 0 Å². The highest BCUT2D eigenvalue weighted by atomic mass is 79.9. The number of halogens is 1. The van der Waals surface area contributed by atoms with Crippen molar-refractivity contribution in [3.05, 3.63) is 22.2 Å². The van der Waals surface area contributed by atoms with Crippen molar-refractivity contribution in [1.82, 2.24) is 5.32 Å². The van der Waals surface area contributed by atoms with E-state index < -0.39 is 9.84 Å². The lowest BCUT2D eigenvalue weighted by Crippen LogP contribution is -2.16. The van der Waals surface area contributed by atoms with Crippen LogP contribution in [0.2, 0.25) is 0 Å². The number of nitrogens with one attached hydrogen (secondary N) is 1. The van der Waals surface area contributed by atoms with Gasteiger partial charge in [-0.15, -0.1) is 0 Å². The highest BCUT2D eigenvalue weighted by Gasteiger charge is 2.13. The first-order chi connectivity index (χ1) is 9.43. The van der Waals surface area contributed by atoms with E-state index in [1.54, 1.807) is 14.0 Å². The first-order valence-electron chi connectivity index (χ1n) is 6.27. The third kappa shape index (κ3) is 4.96. The molecule has 0 aliphatic carbocycles. The normalized spacial score (nSPS) is 11.4. The largest absolute Gasteiger partial charge is 0.493 e. The highest BCUT2D eigenvalue weighted by Crippen LogP contribution is 2.36. The summed E-state index contributed by atoms with van der Waals surface area (Å²) in [6.45, 7) is 2.44. The quantitative estimate of drug-likeness (QED) is 0.762. The maximum absolute atomic E-state index is 11.4. The van der Waals surface area contributed by atoms with Crippen LogP contribution in [0.1, 0.15) is 12.5 Å². The smallest absolute Gasteiger partial charge is 0.175 e. The molecule has 0 aliphatic heterocycles. The number of methoxy groups -OCH3 is 1. The molecule has 0 radical (unpaired) electrons. The molecule has 1 aromatic carbocycles. The summed E-state index contributed by atoms with van der Waals surface area (Å²) in [6, 6.07) is 3.79. The minimum Gasteiger partial charge on any atom is -0.493 e. The zero-order chi connectivity index (χ0) is 15.2. The molecule has 0 bridgehead atoms. The first-order valence-corrected chi connectivity index (χ1v) is 8.89. The number of hydrogen-bond donors (Lipinski definition) is 1. The molecular weight excluding hydrogens is 346 g/mol. The van der Waals surface area contributed by atoms with E-state index in [4.69, 9.17) is 9.47 Å². The summed E-state index contributed by atoms with van der Waals surface area (Å²) in [5.74, 6) is 1.23. The Morgan fingerprint density at radius 2 is 2.05 bits per heavy atom. The number of sulfone groups is 1. The average Bonchev–Trinajstić information content (AvgIpc) is 2.41. The fraction of sp³-hybridized carbons (Fsp3) is 0.538. The molecule has 5 nitrogen and oxygen atoms in total. The molecule has 1 rings (SSSR count). The molecule has 20 heavy (non-hydrogen) atoms. The van der Waals surface area contributed by atoms with E-state index in [0.717, 1.165) is 10.0 Å². The summed E-state index contributed by atoms with van der Waals surface area (Å²) < 4.78 is 34.5. The van der Waals surface area contributed by atoms with Gasteiger partial charge in [0.1, 0.15) is 6.61 Å².